The van der Waals surface area contributed by atoms with Gasteiger partial charge in [0.1, 0.15) is 0 Å². The van der Waals surface area contributed by atoms with Gasteiger partial charge in [-0.05, 0) is 29.7 Å². The van der Waals surface area contributed by atoms with E-state index in [9.17, 15) is 9.59 Å². The number of rotatable bonds is 4. The highest BCUT2D eigenvalue weighted by atomic mass is 32.2. The van der Waals surface area contributed by atoms with Crippen LogP contribution in [0.15, 0.2) is 53.4 Å². The third-order valence-corrected chi connectivity index (χ3v) is 5.44. The molecule has 2 aromatic carbocycles. The molecule has 0 atom stereocenters. The van der Waals surface area contributed by atoms with Gasteiger partial charge in [0.25, 0.3) is 5.91 Å². The number of hydrogen-bond acceptors (Lipinski definition) is 3. The van der Waals surface area contributed by atoms with Crippen molar-refractivity contribution in [2.75, 3.05) is 26.4 Å². The van der Waals surface area contributed by atoms with Crippen molar-refractivity contribution >= 4 is 23.6 Å². The molecule has 130 valence electrons. The standard InChI is InChI=1S/C20H22N2O2S/c1-21(2)19(23)14-25-18-10-6-5-9-17(18)20(24)22-12-11-15-7-3-4-8-16(15)13-22/h3-10H,11-14H2,1-2H3. The average Bonchev–Trinajstić information content (AvgIpc) is 2.65. The quantitative estimate of drug-likeness (QED) is 0.793. The van der Waals surface area contributed by atoms with Gasteiger partial charge in [0.05, 0.1) is 11.3 Å². The number of amides is 2. The molecule has 5 heteroatoms. The van der Waals surface area contributed by atoms with E-state index >= 15 is 0 Å². The molecule has 25 heavy (non-hydrogen) atoms. The van der Waals surface area contributed by atoms with Crippen molar-refractivity contribution in [3.63, 3.8) is 0 Å². The lowest BCUT2D eigenvalue weighted by molar-refractivity contribution is -0.125. The summed E-state index contributed by atoms with van der Waals surface area (Å²) in [7, 11) is 3.48. The smallest absolute Gasteiger partial charge is 0.255 e. The van der Waals surface area contributed by atoms with Gasteiger partial charge in [-0.15, -0.1) is 11.8 Å². The Labute approximate surface area is 152 Å². The van der Waals surface area contributed by atoms with Crippen LogP contribution in [0.5, 0.6) is 0 Å². The van der Waals surface area contributed by atoms with Crippen LogP contribution < -0.4 is 0 Å². The zero-order valence-electron chi connectivity index (χ0n) is 14.6. The van der Waals surface area contributed by atoms with E-state index in [2.05, 4.69) is 12.1 Å². The zero-order chi connectivity index (χ0) is 17.8. The molecule has 0 unspecified atom stereocenters. The van der Waals surface area contributed by atoms with Crippen molar-refractivity contribution in [3.8, 4) is 0 Å². The summed E-state index contributed by atoms with van der Waals surface area (Å²) in [6.45, 7) is 1.37. The van der Waals surface area contributed by atoms with Crippen molar-refractivity contribution in [2.45, 2.75) is 17.9 Å². The summed E-state index contributed by atoms with van der Waals surface area (Å²) >= 11 is 1.42. The Morgan fingerprint density at radius 2 is 1.72 bits per heavy atom. The van der Waals surface area contributed by atoms with E-state index in [-0.39, 0.29) is 11.8 Å². The Balaban J connectivity index is 1.76. The molecular weight excluding hydrogens is 332 g/mol. The number of hydrogen-bond donors (Lipinski definition) is 0. The van der Waals surface area contributed by atoms with E-state index in [4.69, 9.17) is 0 Å². The molecule has 0 N–H and O–H groups in total. The second kappa shape index (κ2) is 7.74. The third kappa shape index (κ3) is 4.04. The lowest BCUT2D eigenvalue weighted by Gasteiger charge is -2.29. The first-order valence-electron chi connectivity index (χ1n) is 8.34. The third-order valence-electron chi connectivity index (χ3n) is 4.39. The molecule has 2 amide bonds. The summed E-state index contributed by atoms with van der Waals surface area (Å²) < 4.78 is 0. The zero-order valence-corrected chi connectivity index (χ0v) is 15.4. The molecule has 3 rings (SSSR count). The van der Waals surface area contributed by atoms with E-state index in [0.717, 1.165) is 17.9 Å². The highest BCUT2D eigenvalue weighted by Gasteiger charge is 2.23. The summed E-state index contributed by atoms with van der Waals surface area (Å²) in [5.41, 5.74) is 3.22. The Kier molecular flexibility index (Phi) is 5.43. The molecule has 0 fully saturated rings. The minimum atomic E-state index is 0.0369. The van der Waals surface area contributed by atoms with Crippen LogP contribution >= 0.6 is 11.8 Å². The molecular formula is C20H22N2O2S. The molecule has 2 aromatic rings. The van der Waals surface area contributed by atoms with Gasteiger partial charge >= 0.3 is 0 Å². The van der Waals surface area contributed by atoms with Crippen LogP contribution in [0, 0.1) is 0 Å². The van der Waals surface area contributed by atoms with Crippen molar-refractivity contribution in [1.29, 1.82) is 0 Å². The fraction of sp³-hybridized carbons (Fsp3) is 0.300. The maximum absolute atomic E-state index is 13.0. The van der Waals surface area contributed by atoms with Crippen LogP contribution in [0.25, 0.3) is 0 Å². The van der Waals surface area contributed by atoms with Crippen molar-refractivity contribution in [1.82, 2.24) is 9.80 Å². The van der Waals surface area contributed by atoms with Crippen LogP contribution in [0.1, 0.15) is 21.5 Å². The summed E-state index contributed by atoms with van der Waals surface area (Å²) in [6, 6.07) is 15.8. The van der Waals surface area contributed by atoms with Crippen LogP contribution in [0.2, 0.25) is 0 Å². The predicted molar refractivity (Wildman–Crippen MR) is 101 cm³/mol. The topological polar surface area (TPSA) is 40.6 Å². The average molecular weight is 354 g/mol. The number of nitrogens with zero attached hydrogens (tertiary/aromatic N) is 2. The highest BCUT2D eigenvalue weighted by molar-refractivity contribution is 8.00. The molecule has 0 aromatic heterocycles. The first kappa shape index (κ1) is 17.5. The molecule has 0 saturated carbocycles. The van der Waals surface area contributed by atoms with Crippen molar-refractivity contribution < 1.29 is 9.59 Å². The Morgan fingerprint density at radius 3 is 2.48 bits per heavy atom. The van der Waals surface area contributed by atoms with Gasteiger partial charge in [-0.1, -0.05) is 36.4 Å². The molecule has 0 bridgehead atoms. The molecule has 1 aliphatic rings. The Hall–Kier alpha value is -2.27. The van der Waals surface area contributed by atoms with E-state index < -0.39 is 0 Å². The Bertz CT molecular complexity index is 789. The van der Waals surface area contributed by atoms with Crippen LogP contribution in [-0.4, -0.2) is 48.0 Å². The second-order valence-electron chi connectivity index (χ2n) is 6.32. The molecule has 0 spiro atoms. The molecule has 0 aliphatic carbocycles. The minimum absolute atomic E-state index is 0.0369. The van der Waals surface area contributed by atoms with Crippen molar-refractivity contribution in [3.05, 3.63) is 65.2 Å². The fourth-order valence-electron chi connectivity index (χ4n) is 2.88. The monoisotopic (exact) mass is 354 g/mol. The molecule has 1 heterocycles. The van der Waals surface area contributed by atoms with Crippen LogP contribution in [0.4, 0.5) is 0 Å². The Morgan fingerprint density at radius 1 is 1.04 bits per heavy atom. The van der Waals surface area contributed by atoms with Crippen molar-refractivity contribution in [2.24, 2.45) is 0 Å². The maximum Gasteiger partial charge on any atom is 0.255 e. The lowest BCUT2D eigenvalue weighted by atomic mass is 9.99. The summed E-state index contributed by atoms with van der Waals surface area (Å²) in [6.07, 6.45) is 0.885. The molecule has 1 aliphatic heterocycles. The number of carbonyl (C=O) groups excluding carboxylic acids is 2. The number of fused-ring (bicyclic) bond motifs is 1. The number of thioether (sulfide) groups is 1. The largest absolute Gasteiger partial charge is 0.348 e. The first-order valence-corrected chi connectivity index (χ1v) is 9.33. The SMILES string of the molecule is CN(C)C(=O)CSc1ccccc1C(=O)N1CCc2ccccc2C1. The van der Waals surface area contributed by atoms with Gasteiger partial charge in [0, 0.05) is 32.1 Å². The number of carbonyl (C=O) groups is 2. The van der Waals surface area contributed by atoms with Gasteiger partial charge in [-0.3, -0.25) is 9.59 Å². The van der Waals surface area contributed by atoms with E-state index in [0.29, 0.717) is 17.9 Å². The van der Waals surface area contributed by atoms with E-state index in [1.54, 1.807) is 19.0 Å². The van der Waals surface area contributed by atoms with Gasteiger partial charge in [-0.25, -0.2) is 0 Å². The predicted octanol–water partition coefficient (Wildman–Crippen LogP) is 3.07. The second-order valence-corrected chi connectivity index (χ2v) is 7.34. The summed E-state index contributed by atoms with van der Waals surface area (Å²) in [5.74, 6) is 0.411. The van der Waals surface area contributed by atoms with Gasteiger partial charge in [-0.2, -0.15) is 0 Å². The number of benzene rings is 2. The lowest BCUT2D eigenvalue weighted by Crippen LogP contribution is -2.36. The maximum atomic E-state index is 13.0. The molecule has 0 radical (unpaired) electrons. The first-order chi connectivity index (χ1) is 12.1. The highest BCUT2D eigenvalue weighted by Crippen LogP contribution is 2.26. The van der Waals surface area contributed by atoms with Gasteiger partial charge in [0.15, 0.2) is 0 Å². The normalized spacial score (nSPS) is 13.3. The summed E-state index contributed by atoms with van der Waals surface area (Å²) in [4.78, 5) is 29.2. The van der Waals surface area contributed by atoms with E-state index in [1.807, 2.05) is 41.3 Å². The van der Waals surface area contributed by atoms with Crippen LogP contribution in [0.3, 0.4) is 0 Å². The van der Waals surface area contributed by atoms with E-state index in [1.165, 1.54) is 22.9 Å². The fourth-order valence-corrected chi connectivity index (χ4v) is 3.90. The van der Waals surface area contributed by atoms with Gasteiger partial charge < -0.3 is 9.80 Å². The molecule has 4 nitrogen and oxygen atoms in total. The molecule has 0 saturated heterocycles. The summed E-state index contributed by atoms with van der Waals surface area (Å²) in [5, 5.41) is 0. The van der Waals surface area contributed by atoms with Gasteiger partial charge in [0.2, 0.25) is 5.91 Å². The van der Waals surface area contributed by atoms with Crippen LogP contribution in [-0.2, 0) is 17.8 Å². The minimum Gasteiger partial charge on any atom is -0.348 e.